The molecule has 0 saturated heterocycles. The van der Waals surface area contributed by atoms with E-state index in [1.54, 1.807) is 19.1 Å². The molecule has 2 heterocycles. The van der Waals surface area contributed by atoms with Gasteiger partial charge in [-0.15, -0.1) is 0 Å². The molecule has 21 heavy (non-hydrogen) atoms. The molecule has 2 aromatic rings. The van der Waals surface area contributed by atoms with Gasteiger partial charge in [0.25, 0.3) is 10.0 Å². The van der Waals surface area contributed by atoms with Gasteiger partial charge in [0.1, 0.15) is 0 Å². The van der Waals surface area contributed by atoms with E-state index < -0.39 is 10.0 Å². The SMILES string of the molecule is CCNCc1c(S(=O)(=O)NCc2cccnn2)n[nH]c1C. The van der Waals surface area contributed by atoms with Gasteiger partial charge in [0.15, 0.2) is 5.03 Å². The van der Waals surface area contributed by atoms with Gasteiger partial charge in [0.2, 0.25) is 0 Å². The predicted octanol–water partition coefficient (Wildman–Crippen LogP) is 0.0961. The zero-order chi connectivity index (χ0) is 15.3. The van der Waals surface area contributed by atoms with Gasteiger partial charge in [-0.25, -0.2) is 13.1 Å². The molecule has 0 unspecified atom stereocenters. The number of aromatic nitrogens is 4. The Morgan fingerprint density at radius 1 is 1.33 bits per heavy atom. The molecule has 8 nitrogen and oxygen atoms in total. The third-order valence-corrected chi connectivity index (χ3v) is 4.28. The fraction of sp³-hybridized carbons (Fsp3) is 0.417. The van der Waals surface area contributed by atoms with Gasteiger partial charge in [-0.2, -0.15) is 15.3 Å². The van der Waals surface area contributed by atoms with Gasteiger partial charge >= 0.3 is 0 Å². The van der Waals surface area contributed by atoms with E-state index in [1.807, 2.05) is 6.92 Å². The summed E-state index contributed by atoms with van der Waals surface area (Å²) in [5.41, 5.74) is 1.92. The first-order chi connectivity index (χ1) is 10.0. The fourth-order valence-corrected chi connectivity index (χ4v) is 2.97. The minimum Gasteiger partial charge on any atom is -0.313 e. The highest BCUT2D eigenvalue weighted by molar-refractivity contribution is 7.89. The molecule has 0 spiro atoms. The van der Waals surface area contributed by atoms with Crippen LogP contribution in [0.3, 0.4) is 0 Å². The van der Waals surface area contributed by atoms with Gasteiger partial charge in [-0.1, -0.05) is 6.92 Å². The van der Waals surface area contributed by atoms with E-state index in [0.717, 1.165) is 12.2 Å². The topological polar surface area (TPSA) is 113 Å². The van der Waals surface area contributed by atoms with E-state index >= 15 is 0 Å². The first kappa shape index (κ1) is 15.5. The van der Waals surface area contributed by atoms with Gasteiger partial charge < -0.3 is 5.32 Å². The van der Waals surface area contributed by atoms with E-state index in [9.17, 15) is 8.42 Å². The lowest BCUT2D eigenvalue weighted by Gasteiger charge is -2.07. The fourth-order valence-electron chi connectivity index (χ4n) is 1.78. The monoisotopic (exact) mass is 310 g/mol. The van der Waals surface area contributed by atoms with Crippen molar-refractivity contribution >= 4 is 10.0 Å². The molecule has 0 fully saturated rings. The summed E-state index contributed by atoms with van der Waals surface area (Å²) < 4.78 is 27.1. The number of nitrogens with zero attached hydrogens (tertiary/aromatic N) is 3. The molecular weight excluding hydrogens is 292 g/mol. The smallest absolute Gasteiger partial charge is 0.260 e. The molecule has 9 heteroatoms. The Hall–Kier alpha value is -1.84. The van der Waals surface area contributed by atoms with E-state index in [1.165, 1.54) is 6.20 Å². The second kappa shape index (κ2) is 6.74. The van der Waals surface area contributed by atoms with Crippen molar-refractivity contribution in [3.8, 4) is 0 Å². The lowest BCUT2D eigenvalue weighted by Crippen LogP contribution is -2.26. The molecule has 0 aliphatic heterocycles. The summed E-state index contributed by atoms with van der Waals surface area (Å²) in [6.07, 6.45) is 1.53. The second-order valence-corrected chi connectivity index (χ2v) is 6.13. The van der Waals surface area contributed by atoms with Gasteiger partial charge in [-0.3, -0.25) is 5.10 Å². The number of aryl methyl sites for hydroxylation is 1. The van der Waals surface area contributed by atoms with E-state index in [4.69, 9.17) is 0 Å². The van der Waals surface area contributed by atoms with Crippen molar-refractivity contribution < 1.29 is 8.42 Å². The van der Waals surface area contributed by atoms with Crippen LogP contribution in [-0.2, 0) is 23.1 Å². The van der Waals surface area contributed by atoms with Crippen LogP contribution in [0.5, 0.6) is 0 Å². The highest BCUT2D eigenvalue weighted by Gasteiger charge is 2.23. The molecule has 0 aromatic carbocycles. The average molecular weight is 310 g/mol. The number of sulfonamides is 1. The van der Waals surface area contributed by atoms with Gasteiger partial charge in [0, 0.05) is 24.0 Å². The highest BCUT2D eigenvalue weighted by atomic mass is 32.2. The summed E-state index contributed by atoms with van der Waals surface area (Å²) in [7, 11) is -3.70. The summed E-state index contributed by atoms with van der Waals surface area (Å²) in [6, 6.07) is 3.40. The van der Waals surface area contributed by atoms with Crippen molar-refractivity contribution in [2.24, 2.45) is 0 Å². The van der Waals surface area contributed by atoms with Crippen LogP contribution in [0.2, 0.25) is 0 Å². The summed E-state index contributed by atoms with van der Waals surface area (Å²) in [5.74, 6) is 0. The molecular formula is C12H18N6O2S. The zero-order valence-electron chi connectivity index (χ0n) is 11.9. The van der Waals surface area contributed by atoms with Crippen molar-refractivity contribution in [2.75, 3.05) is 6.54 Å². The lowest BCUT2D eigenvalue weighted by atomic mass is 10.2. The van der Waals surface area contributed by atoms with Gasteiger partial charge in [0.05, 0.1) is 12.2 Å². The van der Waals surface area contributed by atoms with E-state index in [2.05, 4.69) is 30.4 Å². The van der Waals surface area contributed by atoms with Crippen LogP contribution in [-0.4, -0.2) is 35.4 Å². The number of aromatic amines is 1. The van der Waals surface area contributed by atoms with Crippen molar-refractivity contribution in [1.29, 1.82) is 0 Å². The van der Waals surface area contributed by atoms with Crippen molar-refractivity contribution in [1.82, 2.24) is 30.4 Å². The molecule has 0 saturated carbocycles. The molecule has 0 bridgehead atoms. The zero-order valence-corrected chi connectivity index (χ0v) is 12.7. The van der Waals surface area contributed by atoms with Crippen LogP contribution in [0.4, 0.5) is 0 Å². The summed E-state index contributed by atoms with van der Waals surface area (Å²) in [6.45, 7) is 5.01. The Labute approximate surface area is 123 Å². The van der Waals surface area contributed by atoms with Crippen LogP contribution in [0.1, 0.15) is 23.9 Å². The Balaban J connectivity index is 2.16. The van der Waals surface area contributed by atoms with Crippen molar-refractivity contribution in [3.63, 3.8) is 0 Å². The Kier molecular flexibility index (Phi) is 4.99. The van der Waals surface area contributed by atoms with Crippen LogP contribution < -0.4 is 10.0 Å². The normalized spacial score (nSPS) is 11.7. The minimum atomic E-state index is -3.70. The molecule has 0 aliphatic carbocycles. The number of hydrogen-bond acceptors (Lipinski definition) is 6. The maximum atomic E-state index is 12.3. The largest absolute Gasteiger partial charge is 0.313 e. The molecule has 114 valence electrons. The minimum absolute atomic E-state index is 0.0184. The Morgan fingerprint density at radius 2 is 2.14 bits per heavy atom. The summed E-state index contributed by atoms with van der Waals surface area (Å²) >= 11 is 0. The molecule has 2 aromatic heterocycles. The van der Waals surface area contributed by atoms with Crippen LogP contribution >= 0.6 is 0 Å². The first-order valence-electron chi connectivity index (χ1n) is 6.55. The Bertz CT molecular complexity index is 683. The number of rotatable bonds is 7. The molecule has 0 radical (unpaired) electrons. The quantitative estimate of drug-likeness (QED) is 0.668. The molecule has 2 rings (SSSR count). The van der Waals surface area contributed by atoms with E-state index in [-0.39, 0.29) is 11.6 Å². The highest BCUT2D eigenvalue weighted by Crippen LogP contribution is 2.16. The number of hydrogen-bond donors (Lipinski definition) is 3. The first-order valence-corrected chi connectivity index (χ1v) is 8.03. The van der Waals surface area contributed by atoms with Gasteiger partial charge in [-0.05, 0) is 25.6 Å². The maximum Gasteiger partial charge on any atom is 0.260 e. The standard InChI is InChI=1S/C12H18N6O2S/c1-3-13-8-11-9(2)16-18-12(11)21(19,20)15-7-10-5-4-6-14-17-10/h4-6,13,15H,3,7-8H2,1-2H3,(H,16,18). The summed E-state index contributed by atoms with van der Waals surface area (Å²) in [4.78, 5) is 0. The van der Waals surface area contributed by atoms with Crippen LogP contribution in [0.25, 0.3) is 0 Å². The maximum absolute atomic E-state index is 12.3. The third kappa shape index (κ3) is 3.84. The van der Waals surface area contributed by atoms with Crippen molar-refractivity contribution in [2.45, 2.75) is 32.0 Å². The summed E-state index contributed by atoms with van der Waals surface area (Å²) in [5, 5.41) is 17.3. The molecule has 0 aliphatic rings. The van der Waals surface area contributed by atoms with E-state index in [0.29, 0.717) is 17.8 Å². The third-order valence-electron chi connectivity index (χ3n) is 2.91. The average Bonchev–Trinajstić information content (AvgIpc) is 2.86. The van der Waals surface area contributed by atoms with Crippen LogP contribution in [0, 0.1) is 6.92 Å². The van der Waals surface area contributed by atoms with Crippen LogP contribution in [0.15, 0.2) is 23.4 Å². The Morgan fingerprint density at radius 3 is 2.81 bits per heavy atom. The van der Waals surface area contributed by atoms with Crippen molar-refractivity contribution in [3.05, 3.63) is 35.3 Å². The second-order valence-electron chi connectivity index (χ2n) is 4.45. The molecule has 0 amide bonds. The number of nitrogens with one attached hydrogen (secondary N) is 3. The lowest BCUT2D eigenvalue weighted by molar-refractivity contribution is 0.572. The number of H-pyrrole nitrogens is 1. The predicted molar refractivity (Wildman–Crippen MR) is 76.8 cm³/mol. The molecule has 3 N–H and O–H groups in total. The molecule has 0 atom stereocenters.